The van der Waals surface area contributed by atoms with Gasteiger partial charge in [0, 0.05) is 12.8 Å². The van der Waals surface area contributed by atoms with Gasteiger partial charge in [-0.3, -0.25) is 9.59 Å². The van der Waals surface area contributed by atoms with Crippen LogP contribution in [0.4, 0.5) is 0 Å². The van der Waals surface area contributed by atoms with Crippen molar-refractivity contribution in [3.63, 3.8) is 0 Å². The summed E-state index contributed by atoms with van der Waals surface area (Å²) in [5, 5.41) is 37.4. The van der Waals surface area contributed by atoms with E-state index in [0.29, 0.717) is 37.6 Å². The van der Waals surface area contributed by atoms with Crippen molar-refractivity contribution in [1.82, 2.24) is 0 Å². The van der Waals surface area contributed by atoms with Crippen LogP contribution in [0.1, 0.15) is 87.8 Å². The Morgan fingerprint density at radius 3 is 1.24 bits per heavy atom. The van der Waals surface area contributed by atoms with Gasteiger partial charge < -0.3 is 29.9 Å². The van der Waals surface area contributed by atoms with Gasteiger partial charge in [-0.1, -0.05) is 79.0 Å². The molecule has 2 rings (SSSR count). The molecule has 0 aliphatic carbocycles. The number of phenolic OH excluding ortho intramolecular Hbond substituents is 2. The Labute approximate surface area is 251 Å². The third-order valence-corrected chi connectivity index (χ3v) is 6.15. The van der Waals surface area contributed by atoms with Crippen molar-refractivity contribution >= 4 is 11.9 Å². The molecule has 8 heteroatoms. The number of carboxylic acids is 2. The minimum absolute atomic E-state index is 0.119. The summed E-state index contributed by atoms with van der Waals surface area (Å²) in [5.41, 5.74) is 4.99. The molecule has 234 valence electrons. The summed E-state index contributed by atoms with van der Waals surface area (Å²) in [6.45, 7) is 23.6. The number of carbonyl (C=O) groups is 2. The number of rotatable bonds is 11. The van der Waals surface area contributed by atoms with Crippen molar-refractivity contribution in [2.75, 3.05) is 13.2 Å². The van der Waals surface area contributed by atoms with E-state index in [1.54, 1.807) is 0 Å². The highest BCUT2D eigenvalue weighted by Gasteiger charge is 2.21. The van der Waals surface area contributed by atoms with E-state index in [1.165, 1.54) is 12.5 Å². The van der Waals surface area contributed by atoms with E-state index < -0.39 is 11.9 Å². The second-order valence-corrected chi connectivity index (χ2v) is 12.0. The summed E-state index contributed by atoms with van der Waals surface area (Å²) in [6.07, 6.45) is 4.00. The van der Waals surface area contributed by atoms with Crippen LogP contribution in [0.2, 0.25) is 0 Å². The molecule has 0 heterocycles. The number of carboxylic acid groups (broad SMARTS) is 2. The number of ether oxygens (including phenoxy) is 2. The number of benzene rings is 2. The van der Waals surface area contributed by atoms with Gasteiger partial charge >= 0.3 is 11.9 Å². The molecule has 2 aromatic rings. The first-order valence-corrected chi connectivity index (χ1v) is 13.9. The molecule has 0 aromatic heterocycles. The maximum Gasteiger partial charge on any atom is 0.303 e. The van der Waals surface area contributed by atoms with Crippen LogP contribution in [0.15, 0.2) is 49.9 Å². The van der Waals surface area contributed by atoms with Crippen molar-refractivity contribution in [3.05, 3.63) is 83.3 Å². The van der Waals surface area contributed by atoms with Crippen LogP contribution in [-0.2, 0) is 42.7 Å². The second-order valence-electron chi connectivity index (χ2n) is 12.0. The molecule has 2 aromatic carbocycles. The van der Waals surface area contributed by atoms with E-state index in [1.807, 2.05) is 79.7 Å². The van der Waals surface area contributed by atoms with Crippen LogP contribution in [0.3, 0.4) is 0 Å². The van der Waals surface area contributed by atoms with Gasteiger partial charge in [-0.25, -0.2) is 0 Å². The molecule has 0 saturated heterocycles. The topological polar surface area (TPSA) is 134 Å². The van der Waals surface area contributed by atoms with E-state index in [9.17, 15) is 19.8 Å². The molecule has 8 nitrogen and oxygen atoms in total. The summed E-state index contributed by atoms with van der Waals surface area (Å²) in [4.78, 5) is 21.1. The first-order chi connectivity index (χ1) is 19.3. The van der Waals surface area contributed by atoms with Crippen molar-refractivity contribution < 1.29 is 39.5 Å². The highest BCUT2D eigenvalue weighted by molar-refractivity contribution is 5.67. The number of hydrogen-bond acceptors (Lipinski definition) is 6. The Hall–Kier alpha value is -3.94. The average molecular weight is 587 g/mol. The van der Waals surface area contributed by atoms with Gasteiger partial charge in [0.2, 0.25) is 0 Å². The van der Waals surface area contributed by atoms with Gasteiger partial charge in [0.15, 0.2) is 0 Å². The van der Waals surface area contributed by atoms with E-state index in [2.05, 4.69) is 13.2 Å². The minimum Gasteiger partial charge on any atom is -0.507 e. The number of aromatic hydroxyl groups is 2. The van der Waals surface area contributed by atoms with E-state index in [-0.39, 0.29) is 23.7 Å². The number of phenols is 2. The lowest BCUT2D eigenvalue weighted by Crippen LogP contribution is -2.12. The summed E-state index contributed by atoms with van der Waals surface area (Å²) >= 11 is 0. The fourth-order valence-electron chi connectivity index (χ4n) is 3.91. The molecule has 0 atom stereocenters. The molecule has 0 aliphatic heterocycles. The van der Waals surface area contributed by atoms with Crippen LogP contribution < -0.4 is 0 Å². The average Bonchev–Trinajstić information content (AvgIpc) is 2.87. The zero-order chi connectivity index (χ0) is 32.7. The fourth-order valence-corrected chi connectivity index (χ4v) is 3.91. The van der Waals surface area contributed by atoms with Gasteiger partial charge in [0.05, 0.1) is 12.5 Å². The van der Waals surface area contributed by atoms with Crippen molar-refractivity contribution in [2.24, 2.45) is 0 Å². The number of aliphatic carboxylic acids is 2. The third-order valence-electron chi connectivity index (χ3n) is 6.15. The van der Waals surface area contributed by atoms with Gasteiger partial charge in [0.25, 0.3) is 0 Å². The quantitative estimate of drug-likeness (QED) is 0.159. The lowest BCUT2D eigenvalue weighted by atomic mass is 9.83. The summed E-state index contributed by atoms with van der Waals surface area (Å²) in [7, 11) is 0. The Kier molecular flexibility index (Phi) is 16.1. The Morgan fingerprint density at radius 1 is 0.690 bits per heavy atom. The molecule has 42 heavy (non-hydrogen) atoms. The number of hydrogen-bond donors (Lipinski definition) is 4. The molecule has 0 spiro atoms. The van der Waals surface area contributed by atoms with E-state index in [0.717, 1.165) is 33.4 Å². The van der Waals surface area contributed by atoms with Crippen LogP contribution >= 0.6 is 0 Å². The molecule has 0 amide bonds. The number of aryl methyl sites for hydroxylation is 4. The summed E-state index contributed by atoms with van der Waals surface area (Å²) in [6, 6.07) is 7.53. The van der Waals surface area contributed by atoms with Crippen LogP contribution in [-0.4, -0.2) is 45.6 Å². The lowest BCUT2D eigenvalue weighted by molar-refractivity contribution is -0.138. The standard InChI is InChI=1S/2C14H20O3.C6H10O2/c2*1-9-7-10(5-6-12(15)16)8-11(13(9)17)14(2,3)4;1-3-7-5-6-8-4-2/h2*7-8,17H,5-6H2,1-4H3,(H,15,16);3-4H,1-2,5-6H2. The largest absolute Gasteiger partial charge is 0.507 e. The monoisotopic (exact) mass is 586 g/mol. The van der Waals surface area contributed by atoms with Crippen molar-refractivity contribution in [1.29, 1.82) is 0 Å². The van der Waals surface area contributed by atoms with Crippen molar-refractivity contribution in [2.45, 2.75) is 91.9 Å². The Morgan fingerprint density at radius 2 is 1.00 bits per heavy atom. The highest BCUT2D eigenvalue weighted by atomic mass is 16.5. The molecule has 0 aliphatic rings. The SMILES string of the molecule is C=COCCOC=C.Cc1cc(CCC(=O)O)cc(C(C)(C)C)c1O.Cc1cc(CCC(=O)O)cc(C(C)(C)C)c1O. The van der Waals surface area contributed by atoms with Crippen LogP contribution in [0.5, 0.6) is 11.5 Å². The first kappa shape index (κ1) is 38.1. The maximum absolute atomic E-state index is 10.6. The van der Waals surface area contributed by atoms with Gasteiger partial charge in [0.1, 0.15) is 24.7 Å². The zero-order valence-electron chi connectivity index (χ0n) is 26.5. The predicted molar refractivity (Wildman–Crippen MR) is 167 cm³/mol. The van der Waals surface area contributed by atoms with E-state index in [4.69, 9.17) is 19.7 Å². The van der Waals surface area contributed by atoms with E-state index >= 15 is 0 Å². The van der Waals surface area contributed by atoms with Crippen LogP contribution in [0, 0.1) is 13.8 Å². The smallest absolute Gasteiger partial charge is 0.303 e. The van der Waals surface area contributed by atoms with Gasteiger partial charge in [-0.15, -0.1) is 0 Å². The van der Waals surface area contributed by atoms with Crippen LogP contribution in [0.25, 0.3) is 0 Å². The normalized spacial score (nSPS) is 10.8. The lowest BCUT2D eigenvalue weighted by Gasteiger charge is -2.22. The molecule has 0 radical (unpaired) electrons. The molecule has 0 bridgehead atoms. The maximum atomic E-state index is 10.6. The summed E-state index contributed by atoms with van der Waals surface area (Å²) < 4.78 is 9.45. The molecule has 0 fully saturated rings. The minimum atomic E-state index is -0.798. The van der Waals surface area contributed by atoms with Gasteiger partial charge in [-0.2, -0.15) is 0 Å². The zero-order valence-corrected chi connectivity index (χ0v) is 26.5. The van der Waals surface area contributed by atoms with Gasteiger partial charge in [-0.05, 0) is 70.9 Å². The third kappa shape index (κ3) is 14.6. The fraction of sp³-hybridized carbons (Fsp3) is 0.471. The Balaban J connectivity index is 0.000000642. The molecular formula is C34H50O8. The van der Waals surface area contributed by atoms with Crippen molar-refractivity contribution in [3.8, 4) is 11.5 Å². The second kappa shape index (κ2) is 17.8. The molecular weight excluding hydrogens is 536 g/mol. The molecule has 4 N–H and O–H groups in total. The first-order valence-electron chi connectivity index (χ1n) is 13.9. The predicted octanol–water partition coefficient (Wildman–Crippen LogP) is 7.34. The summed E-state index contributed by atoms with van der Waals surface area (Å²) in [5.74, 6) is -0.964. The molecule has 0 saturated carbocycles. The Bertz CT molecular complexity index is 1090. The molecule has 0 unspecified atom stereocenters. The highest BCUT2D eigenvalue weighted by Crippen LogP contribution is 2.35.